The molecule has 0 aromatic heterocycles. The molecule has 1 aromatic rings. The molecule has 0 saturated carbocycles. The normalized spacial score (nSPS) is 9.18. The van der Waals surface area contributed by atoms with Crippen molar-refractivity contribution in [3.8, 4) is 0 Å². The summed E-state index contributed by atoms with van der Waals surface area (Å²) in [7, 11) is 0. The van der Waals surface area contributed by atoms with E-state index in [9.17, 15) is 4.91 Å². The van der Waals surface area contributed by atoms with Crippen molar-refractivity contribution in [3.05, 3.63) is 29.2 Å². The molecule has 0 saturated heterocycles. The van der Waals surface area contributed by atoms with Gasteiger partial charge >= 0.3 is 0 Å². The van der Waals surface area contributed by atoms with Crippen molar-refractivity contribution in [2.45, 2.75) is 0 Å². The number of benzene rings is 1. The molecule has 0 atom stereocenters. The van der Waals surface area contributed by atoms with Gasteiger partial charge in [0, 0.05) is 0 Å². The Morgan fingerprint density at radius 3 is 2.45 bits per heavy atom. The lowest BCUT2D eigenvalue weighted by atomic mass is 10.3. The highest BCUT2D eigenvalue weighted by Crippen LogP contribution is 2.14. The van der Waals surface area contributed by atoms with Gasteiger partial charge in [0.05, 0.1) is 5.69 Å². The maximum Gasteiger partial charge on any atom is 0.108 e. The van der Waals surface area contributed by atoms with Crippen molar-refractivity contribution < 1.29 is 4.94 Å². The molecule has 5 heteroatoms. The first-order chi connectivity index (χ1) is 5.36. The van der Waals surface area contributed by atoms with Gasteiger partial charge in [-0.1, -0.05) is 0 Å². The van der Waals surface area contributed by atoms with Gasteiger partial charge in [0.25, 0.3) is 0 Å². The summed E-state index contributed by atoms with van der Waals surface area (Å²) in [4.78, 5) is 14.1. The number of rotatable bonds is 3. The van der Waals surface area contributed by atoms with Gasteiger partial charge < -0.3 is 0 Å². The van der Waals surface area contributed by atoms with Crippen molar-refractivity contribution in [1.82, 2.24) is 0 Å². The standard InChI is InChI=1S/C6H7N3O2/c7-11-9-6-3-1-5(8-10)2-4-6/h1-4,9H,7H2. The lowest BCUT2D eigenvalue weighted by Crippen LogP contribution is -2.06. The van der Waals surface area contributed by atoms with Crippen LogP contribution < -0.4 is 11.4 Å². The van der Waals surface area contributed by atoms with Crippen LogP contribution in [0.1, 0.15) is 0 Å². The second-order valence-corrected chi connectivity index (χ2v) is 1.86. The van der Waals surface area contributed by atoms with Gasteiger partial charge in [0.15, 0.2) is 0 Å². The van der Waals surface area contributed by atoms with Crippen molar-refractivity contribution >= 4 is 11.4 Å². The average Bonchev–Trinajstić information content (AvgIpc) is 2.07. The third-order valence-corrected chi connectivity index (χ3v) is 1.15. The molecule has 11 heavy (non-hydrogen) atoms. The molecule has 0 aliphatic carbocycles. The molecule has 0 bridgehead atoms. The number of anilines is 1. The van der Waals surface area contributed by atoms with Crippen LogP contribution >= 0.6 is 0 Å². The van der Waals surface area contributed by atoms with Crippen LogP contribution in [0.25, 0.3) is 0 Å². The number of nitroso groups, excluding NO2 is 1. The van der Waals surface area contributed by atoms with E-state index in [1.54, 1.807) is 24.3 Å². The maximum absolute atomic E-state index is 9.95. The van der Waals surface area contributed by atoms with Crippen LogP contribution in [0.5, 0.6) is 0 Å². The quantitative estimate of drug-likeness (QED) is 0.506. The average molecular weight is 153 g/mol. The smallest absolute Gasteiger partial charge is 0.108 e. The molecule has 0 spiro atoms. The summed E-state index contributed by atoms with van der Waals surface area (Å²) in [6, 6.07) is 6.36. The van der Waals surface area contributed by atoms with Gasteiger partial charge in [-0.25, -0.2) is 5.48 Å². The first-order valence-electron chi connectivity index (χ1n) is 2.92. The van der Waals surface area contributed by atoms with Gasteiger partial charge in [-0.05, 0) is 29.4 Å². The fraction of sp³-hybridized carbons (Fsp3) is 0. The van der Waals surface area contributed by atoms with E-state index in [1.165, 1.54) is 0 Å². The Balaban J connectivity index is 2.74. The molecule has 1 rings (SSSR count). The number of hydrogen-bond donors (Lipinski definition) is 2. The van der Waals surface area contributed by atoms with Crippen LogP contribution in [0.4, 0.5) is 11.4 Å². The van der Waals surface area contributed by atoms with Crippen LogP contribution in [-0.4, -0.2) is 0 Å². The van der Waals surface area contributed by atoms with E-state index < -0.39 is 0 Å². The summed E-state index contributed by atoms with van der Waals surface area (Å²) < 4.78 is 0. The van der Waals surface area contributed by atoms with Crippen LogP contribution in [0.3, 0.4) is 0 Å². The molecular weight excluding hydrogens is 146 g/mol. The highest BCUT2D eigenvalue weighted by atomic mass is 16.8. The Hall–Kier alpha value is -1.46. The van der Waals surface area contributed by atoms with Crippen LogP contribution in [0.2, 0.25) is 0 Å². The fourth-order valence-electron chi connectivity index (χ4n) is 0.658. The van der Waals surface area contributed by atoms with Crippen molar-refractivity contribution in [3.63, 3.8) is 0 Å². The molecular formula is C6H7N3O2. The summed E-state index contributed by atoms with van der Waals surface area (Å²) in [5.74, 6) is 4.73. The molecule has 0 heterocycles. The van der Waals surface area contributed by atoms with Gasteiger partial charge in [-0.3, -0.25) is 0 Å². The van der Waals surface area contributed by atoms with Gasteiger partial charge in [0.1, 0.15) is 5.69 Å². The van der Waals surface area contributed by atoms with Crippen LogP contribution in [0, 0.1) is 4.91 Å². The van der Waals surface area contributed by atoms with E-state index in [4.69, 9.17) is 5.90 Å². The molecule has 0 amide bonds. The van der Waals surface area contributed by atoms with Gasteiger partial charge in [-0.2, -0.15) is 10.8 Å². The third-order valence-electron chi connectivity index (χ3n) is 1.15. The van der Waals surface area contributed by atoms with E-state index in [0.717, 1.165) is 0 Å². The summed E-state index contributed by atoms with van der Waals surface area (Å²) >= 11 is 0. The minimum Gasteiger partial charge on any atom is -0.248 e. The van der Waals surface area contributed by atoms with E-state index in [2.05, 4.69) is 15.6 Å². The Kier molecular flexibility index (Phi) is 2.53. The maximum atomic E-state index is 9.95. The summed E-state index contributed by atoms with van der Waals surface area (Å²) in [6.45, 7) is 0. The van der Waals surface area contributed by atoms with E-state index in [0.29, 0.717) is 11.4 Å². The minimum absolute atomic E-state index is 0.368. The van der Waals surface area contributed by atoms with Crippen LogP contribution in [0.15, 0.2) is 29.4 Å². The summed E-state index contributed by atoms with van der Waals surface area (Å²) in [6.07, 6.45) is 0. The topological polar surface area (TPSA) is 76.7 Å². The Labute approximate surface area is 63.0 Å². The number of nitrogens with one attached hydrogen (secondary N) is 1. The SMILES string of the molecule is NONc1ccc(N=O)cc1. The second kappa shape index (κ2) is 3.65. The molecule has 0 unspecified atom stereocenters. The lowest BCUT2D eigenvalue weighted by Gasteiger charge is -1.99. The summed E-state index contributed by atoms with van der Waals surface area (Å²) in [5.41, 5.74) is 3.43. The molecule has 5 nitrogen and oxygen atoms in total. The number of hydrogen-bond acceptors (Lipinski definition) is 5. The molecule has 1 aromatic carbocycles. The van der Waals surface area contributed by atoms with Crippen molar-refractivity contribution in [1.29, 1.82) is 0 Å². The third kappa shape index (κ3) is 1.99. The zero-order valence-corrected chi connectivity index (χ0v) is 5.65. The Morgan fingerprint density at radius 2 is 2.00 bits per heavy atom. The number of nitrogens with zero attached hydrogens (tertiary/aromatic N) is 1. The zero-order valence-electron chi connectivity index (χ0n) is 5.65. The Morgan fingerprint density at radius 1 is 1.36 bits per heavy atom. The largest absolute Gasteiger partial charge is 0.248 e. The first kappa shape index (κ1) is 7.64. The van der Waals surface area contributed by atoms with Crippen molar-refractivity contribution in [2.24, 2.45) is 11.1 Å². The van der Waals surface area contributed by atoms with Crippen molar-refractivity contribution in [2.75, 3.05) is 5.48 Å². The highest BCUT2D eigenvalue weighted by Gasteiger charge is 1.91. The van der Waals surface area contributed by atoms with E-state index in [-0.39, 0.29) is 0 Å². The number of nitrogens with two attached hydrogens (primary N) is 1. The first-order valence-corrected chi connectivity index (χ1v) is 2.92. The van der Waals surface area contributed by atoms with E-state index >= 15 is 0 Å². The molecule has 0 aliphatic rings. The highest BCUT2D eigenvalue weighted by molar-refractivity contribution is 5.49. The fourth-order valence-corrected chi connectivity index (χ4v) is 0.658. The monoisotopic (exact) mass is 153 g/mol. The minimum atomic E-state index is 0.368. The second-order valence-electron chi connectivity index (χ2n) is 1.86. The van der Waals surface area contributed by atoms with Gasteiger partial charge in [0.2, 0.25) is 0 Å². The molecule has 3 N–H and O–H groups in total. The predicted molar refractivity (Wildman–Crippen MR) is 40.8 cm³/mol. The molecule has 58 valence electrons. The summed E-state index contributed by atoms with van der Waals surface area (Å²) in [5, 5.41) is 2.72. The Bertz CT molecular complexity index is 234. The predicted octanol–water partition coefficient (Wildman–Crippen LogP) is 1.30. The molecule has 0 aliphatic heterocycles. The van der Waals surface area contributed by atoms with E-state index in [1.807, 2.05) is 0 Å². The molecule has 0 radical (unpaired) electrons. The molecule has 0 fully saturated rings. The lowest BCUT2D eigenvalue weighted by molar-refractivity contribution is 0.201. The van der Waals surface area contributed by atoms with Gasteiger partial charge in [-0.15, -0.1) is 4.91 Å². The zero-order chi connectivity index (χ0) is 8.10. The van der Waals surface area contributed by atoms with Crippen LogP contribution in [-0.2, 0) is 4.94 Å².